The van der Waals surface area contributed by atoms with E-state index in [4.69, 9.17) is 21.5 Å². The van der Waals surface area contributed by atoms with Crippen LogP contribution in [0.15, 0.2) is 218 Å². The van der Waals surface area contributed by atoms with E-state index in [0.29, 0.717) is 23.2 Å². The topological polar surface area (TPSA) is 43.0 Å². The molecule has 0 saturated heterocycles. The van der Waals surface area contributed by atoms with Crippen LogP contribution >= 0.6 is 0 Å². The molecule has 2 aliphatic carbocycles. The molecular formula is C59H36N4. The van der Waals surface area contributed by atoms with Crippen LogP contribution in [-0.4, -0.2) is 15.0 Å². The summed E-state index contributed by atoms with van der Waals surface area (Å²) in [5, 5.41) is 0. The molecule has 0 bridgehead atoms. The van der Waals surface area contributed by atoms with Crippen LogP contribution in [0.4, 0.5) is 5.69 Å². The van der Waals surface area contributed by atoms with Crippen LogP contribution in [0, 0.1) is 6.57 Å². The molecule has 1 heterocycles. The molecule has 0 fully saturated rings. The summed E-state index contributed by atoms with van der Waals surface area (Å²) in [6, 6.07) is 76.9. The summed E-state index contributed by atoms with van der Waals surface area (Å²) >= 11 is 0. The number of benzene rings is 9. The Balaban J connectivity index is 0.906. The highest BCUT2D eigenvalue weighted by Gasteiger charge is 2.51. The van der Waals surface area contributed by atoms with Gasteiger partial charge in [-0.3, -0.25) is 0 Å². The maximum absolute atomic E-state index is 7.90. The second kappa shape index (κ2) is 14.6. The maximum Gasteiger partial charge on any atom is 0.187 e. The van der Waals surface area contributed by atoms with Crippen molar-refractivity contribution < 1.29 is 0 Å². The van der Waals surface area contributed by atoms with Gasteiger partial charge in [-0.2, -0.15) is 0 Å². The average molecular weight is 801 g/mol. The largest absolute Gasteiger partial charge is 0.238 e. The first-order valence-electron chi connectivity index (χ1n) is 21.2. The first-order chi connectivity index (χ1) is 31.2. The standard InChI is InChI=1S/C59H36N4/c1-60-47-33-35-55-51(37-47)50-36-46(32-34-54(50)59(55)52-18-10-8-16-48(52)49-17-9-11-19-53(49)59)42-26-30-45(31-27-42)58-62-56(43-14-6-3-7-15-43)61-57(63-58)44-28-24-41(25-29-44)40-22-20-39(21-23-40)38-12-4-2-5-13-38/h2-37H. The molecule has 9 aromatic carbocycles. The molecule has 0 unspecified atom stereocenters. The zero-order valence-corrected chi connectivity index (χ0v) is 34.1. The van der Waals surface area contributed by atoms with Gasteiger partial charge in [0.25, 0.3) is 0 Å². The van der Waals surface area contributed by atoms with Crippen LogP contribution in [0.2, 0.25) is 0 Å². The van der Waals surface area contributed by atoms with Gasteiger partial charge in [-0.1, -0.05) is 206 Å². The molecule has 2 aliphatic rings. The zero-order valence-electron chi connectivity index (χ0n) is 34.1. The Morgan fingerprint density at radius 2 is 0.619 bits per heavy atom. The molecule has 0 radical (unpaired) electrons. The van der Waals surface area contributed by atoms with E-state index < -0.39 is 5.41 Å². The first kappa shape index (κ1) is 36.3. The SMILES string of the molecule is [C-]#[N+]c1ccc2c(c1)-c1cc(-c3ccc(-c4nc(-c5ccccc5)nc(-c5ccc(-c6ccc(-c7ccccc7)cc6)cc5)n4)cc3)ccc1C21c2ccccc2-c2ccccc21. The summed E-state index contributed by atoms with van der Waals surface area (Å²) in [7, 11) is 0. The number of nitrogens with zero attached hydrogens (tertiary/aromatic N) is 4. The molecule has 4 heteroatoms. The fourth-order valence-electron chi connectivity index (χ4n) is 9.85. The van der Waals surface area contributed by atoms with Crippen LogP contribution in [0.5, 0.6) is 0 Å². The highest BCUT2D eigenvalue weighted by atomic mass is 15.0. The Labute approximate surface area is 366 Å². The first-order valence-corrected chi connectivity index (χ1v) is 21.2. The highest BCUT2D eigenvalue weighted by molar-refractivity contribution is 5.97. The van der Waals surface area contributed by atoms with Gasteiger partial charge in [-0.25, -0.2) is 19.8 Å². The lowest BCUT2D eigenvalue weighted by molar-refractivity contribution is 0.794. The third-order valence-electron chi connectivity index (χ3n) is 12.8. The lowest BCUT2D eigenvalue weighted by atomic mass is 9.70. The van der Waals surface area contributed by atoms with Crippen molar-refractivity contribution in [2.24, 2.45) is 0 Å². The van der Waals surface area contributed by atoms with Crippen molar-refractivity contribution in [2.45, 2.75) is 5.41 Å². The fourth-order valence-corrected chi connectivity index (χ4v) is 9.85. The van der Waals surface area contributed by atoms with Crippen molar-refractivity contribution >= 4 is 5.69 Å². The van der Waals surface area contributed by atoms with E-state index in [9.17, 15) is 0 Å². The van der Waals surface area contributed by atoms with Crippen LogP contribution in [0.3, 0.4) is 0 Å². The Morgan fingerprint density at radius 1 is 0.286 bits per heavy atom. The lowest BCUT2D eigenvalue weighted by Gasteiger charge is -2.30. The molecule has 63 heavy (non-hydrogen) atoms. The van der Waals surface area contributed by atoms with Crippen LogP contribution in [0.1, 0.15) is 22.3 Å². The predicted molar refractivity (Wildman–Crippen MR) is 255 cm³/mol. The van der Waals surface area contributed by atoms with E-state index in [1.807, 2.05) is 42.5 Å². The Morgan fingerprint density at radius 3 is 1.11 bits per heavy atom. The summed E-state index contributed by atoms with van der Waals surface area (Å²) < 4.78 is 0. The average Bonchev–Trinajstić information content (AvgIpc) is 3.83. The van der Waals surface area contributed by atoms with Crippen LogP contribution in [0.25, 0.3) is 94.6 Å². The van der Waals surface area contributed by atoms with E-state index in [-0.39, 0.29) is 0 Å². The monoisotopic (exact) mass is 800 g/mol. The summed E-state index contributed by atoms with van der Waals surface area (Å²) in [6.45, 7) is 7.90. The fraction of sp³-hybridized carbons (Fsp3) is 0.0169. The van der Waals surface area contributed by atoms with Crippen molar-refractivity contribution in [2.75, 3.05) is 0 Å². The molecule has 0 saturated carbocycles. The molecule has 0 aliphatic heterocycles. The molecule has 0 N–H and O–H groups in total. The van der Waals surface area contributed by atoms with Crippen molar-refractivity contribution in [1.82, 2.24) is 15.0 Å². The minimum Gasteiger partial charge on any atom is -0.238 e. The van der Waals surface area contributed by atoms with Crippen LogP contribution in [-0.2, 0) is 5.41 Å². The molecule has 292 valence electrons. The number of rotatable bonds is 6. The number of hydrogen-bond donors (Lipinski definition) is 0. The Bertz CT molecular complexity index is 3380. The van der Waals surface area contributed by atoms with Gasteiger partial charge in [-0.15, -0.1) is 0 Å². The summed E-state index contributed by atoms with van der Waals surface area (Å²) in [5.74, 6) is 1.86. The molecule has 1 aromatic heterocycles. The lowest BCUT2D eigenvalue weighted by Crippen LogP contribution is -2.25. The second-order valence-electron chi connectivity index (χ2n) is 16.2. The van der Waals surface area contributed by atoms with E-state index in [0.717, 1.165) is 50.1 Å². The van der Waals surface area contributed by atoms with Gasteiger partial charge in [0, 0.05) is 16.7 Å². The number of aromatic nitrogens is 3. The minimum atomic E-state index is -0.456. The summed E-state index contributed by atoms with van der Waals surface area (Å²) in [4.78, 5) is 18.9. The van der Waals surface area contributed by atoms with Gasteiger partial charge in [0.2, 0.25) is 0 Å². The normalized spacial score (nSPS) is 12.6. The van der Waals surface area contributed by atoms with Gasteiger partial charge in [0.05, 0.1) is 12.0 Å². The van der Waals surface area contributed by atoms with Gasteiger partial charge >= 0.3 is 0 Å². The molecule has 10 aromatic rings. The summed E-state index contributed by atoms with van der Waals surface area (Å²) in [6.07, 6.45) is 0. The van der Waals surface area contributed by atoms with Gasteiger partial charge in [0.1, 0.15) is 0 Å². The predicted octanol–water partition coefficient (Wildman–Crippen LogP) is 14.8. The zero-order chi connectivity index (χ0) is 41.9. The quantitative estimate of drug-likeness (QED) is 0.157. The van der Waals surface area contributed by atoms with E-state index in [1.165, 1.54) is 44.5 Å². The van der Waals surface area contributed by atoms with Crippen molar-refractivity contribution in [3.63, 3.8) is 0 Å². The molecule has 1 spiro atoms. The molecule has 0 atom stereocenters. The van der Waals surface area contributed by atoms with E-state index in [1.54, 1.807) is 0 Å². The van der Waals surface area contributed by atoms with Crippen molar-refractivity contribution in [1.29, 1.82) is 0 Å². The van der Waals surface area contributed by atoms with Gasteiger partial charge in [-0.05, 0) is 90.0 Å². The minimum absolute atomic E-state index is 0.456. The molecule has 0 amide bonds. The second-order valence-corrected chi connectivity index (χ2v) is 16.2. The van der Waals surface area contributed by atoms with Crippen molar-refractivity contribution in [3.8, 4) is 89.8 Å². The van der Waals surface area contributed by atoms with E-state index >= 15 is 0 Å². The Kier molecular flexibility index (Phi) is 8.42. The van der Waals surface area contributed by atoms with Crippen molar-refractivity contribution in [3.05, 3.63) is 252 Å². The third kappa shape index (κ3) is 5.86. The van der Waals surface area contributed by atoms with E-state index in [2.05, 4.69) is 181 Å². The number of fused-ring (bicyclic) bond motifs is 10. The van der Waals surface area contributed by atoms with Gasteiger partial charge in [0.15, 0.2) is 23.2 Å². The summed E-state index contributed by atoms with van der Waals surface area (Å²) in [5.41, 5.74) is 19.6. The third-order valence-corrected chi connectivity index (χ3v) is 12.8. The molecule has 4 nitrogen and oxygen atoms in total. The molecular weight excluding hydrogens is 765 g/mol. The van der Waals surface area contributed by atoms with Gasteiger partial charge < -0.3 is 0 Å². The highest BCUT2D eigenvalue weighted by Crippen LogP contribution is 2.63. The smallest absolute Gasteiger partial charge is 0.187 e. The maximum atomic E-state index is 7.90. The number of hydrogen-bond acceptors (Lipinski definition) is 3. The van der Waals surface area contributed by atoms with Crippen LogP contribution < -0.4 is 0 Å². The molecule has 12 rings (SSSR count). The Hall–Kier alpha value is -8.52.